The van der Waals surface area contributed by atoms with Gasteiger partial charge in [0.1, 0.15) is 0 Å². The number of carbonyl (C=O) groups excluding carboxylic acids is 1. The van der Waals surface area contributed by atoms with Crippen LogP contribution in [0.5, 0.6) is 0 Å². The van der Waals surface area contributed by atoms with E-state index < -0.39 is 18.4 Å². The Hall–Kier alpha value is -2.79. The summed E-state index contributed by atoms with van der Waals surface area (Å²) in [6, 6.07) is 8.98. The van der Waals surface area contributed by atoms with E-state index in [0.717, 1.165) is 11.6 Å². The second-order valence-corrected chi connectivity index (χ2v) is 3.21. The maximum absolute atomic E-state index is 11.6. The van der Waals surface area contributed by atoms with Gasteiger partial charge >= 0.3 is 11.9 Å². The van der Waals surface area contributed by atoms with Gasteiger partial charge < -0.3 is 5.11 Å². The summed E-state index contributed by atoms with van der Waals surface area (Å²) in [6.07, 6.45) is 2.65. The highest BCUT2D eigenvalue weighted by Crippen LogP contribution is 2.02. The molecule has 0 saturated carbocycles. The Morgan fingerprint density at radius 2 is 2.06 bits per heavy atom. The Morgan fingerprint density at radius 3 is 2.61 bits per heavy atom. The van der Waals surface area contributed by atoms with Crippen molar-refractivity contribution in [3.63, 3.8) is 0 Å². The molecule has 1 amide bonds. The van der Waals surface area contributed by atoms with Crippen LogP contribution in [0.25, 0.3) is 16.5 Å². The number of hydrogen-bond donors (Lipinski definition) is 1. The molecular weight excluding hydrogens is 236 g/mol. The third-order valence-electron chi connectivity index (χ3n) is 1.91. The molecule has 0 spiro atoms. The third kappa shape index (κ3) is 4.38. The average Bonchev–Trinajstić information content (AvgIpc) is 2.36. The fourth-order valence-electron chi connectivity index (χ4n) is 1.15. The standard InChI is InChI=1S/C11H10N4O3/c12-13-14-15(8-11(17)18)10(16)7-6-9-4-2-1-3-5-9/h1-7H,8H2,(H,17,18). The zero-order valence-corrected chi connectivity index (χ0v) is 9.30. The minimum Gasteiger partial charge on any atom is -0.478 e. The summed E-state index contributed by atoms with van der Waals surface area (Å²) in [5, 5.41) is 12.1. The van der Waals surface area contributed by atoms with Gasteiger partial charge in [-0.3, -0.25) is 0 Å². The highest BCUT2D eigenvalue weighted by molar-refractivity contribution is 5.93. The normalized spacial score (nSPS) is 9.78. The largest absolute Gasteiger partial charge is 0.478 e. The number of azide groups is 1. The van der Waals surface area contributed by atoms with Crippen molar-refractivity contribution in [1.82, 2.24) is 5.01 Å². The molecule has 7 nitrogen and oxygen atoms in total. The lowest BCUT2D eigenvalue weighted by atomic mass is 10.2. The van der Waals surface area contributed by atoms with Crippen LogP contribution in [0.3, 0.4) is 0 Å². The van der Waals surface area contributed by atoms with Crippen LogP contribution in [-0.4, -0.2) is 28.5 Å². The molecule has 0 aliphatic carbocycles. The first kappa shape index (κ1) is 13.3. The number of aliphatic carboxylic acids is 1. The molecule has 0 bridgehead atoms. The van der Waals surface area contributed by atoms with Crippen LogP contribution in [0.1, 0.15) is 5.56 Å². The lowest BCUT2D eigenvalue weighted by Gasteiger charge is -2.05. The van der Waals surface area contributed by atoms with Crippen molar-refractivity contribution in [2.24, 2.45) is 5.22 Å². The molecule has 0 aliphatic heterocycles. The Morgan fingerprint density at radius 1 is 1.39 bits per heavy atom. The summed E-state index contributed by atoms with van der Waals surface area (Å²) >= 11 is 0. The van der Waals surface area contributed by atoms with E-state index in [9.17, 15) is 9.59 Å². The van der Waals surface area contributed by atoms with Crippen LogP contribution in [0.4, 0.5) is 0 Å². The maximum atomic E-state index is 11.6. The van der Waals surface area contributed by atoms with E-state index in [-0.39, 0.29) is 0 Å². The van der Waals surface area contributed by atoms with Crippen LogP contribution < -0.4 is 0 Å². The van der Waals surface area contributed by atoms with Gasteiger partial charge in [0, 0.05) is 6.08 Å². The first-order valence-electron chi connectivity index (χ1n) is 4.95. The topological polar surface area (TPSA) is 106 Å². The zero-order chi connectivity index (χ0) is 13.4. The molecule has 0 aliphatic rings. The van der Waals surface area contributed by atoms with Crippen LogP contribution in [-0.2, 0) is 9.59 Å². The predicted octanol–water partition coefficient (Wildman–Crippen LogP) is 1.84. The van der Waals surface area contributed by atoms with Crippen molar-refractivity contribution in [3.05, 3.63) is 52.4 Å². The van der Waals surface area contributed by atoms with Crippen molar-refractivity contribution in [2.45, 2.75) is 0 Å². The van der Waals surface area contributed by atoms with Gasteiger partial charge in [-0.25, -0.2) is 9.59 Å². The van der Waals surface area contributed by atoms with E-state index >= 15 is 0 Å². The minimum absolute atomic E-state index is 0.530. The molecule has 1 aromatic rings. The summed E-state index contributed by atoms with van der Waals surface area (Å²) in [6.45, 7) is -0.679. The quantitative estimate of drug-likeness (QED) is 0.281. The second-order valence-electron chi connectivity index (χ2n) is 3.21. The first-order chi connectivity index (χ1) is 8.63. The molecule has 7 heteroatoms. The Kier molecular flexibility index (Phi) is 4.96. The number of hydrogen-bond acceptors (Lipinski definition) is 3. The molecular formula is C11H10N4O3. The summed E-state index contributed by atoms with van der Waals surface area (Å²) in [7, 11) is 0. The number of carbonyl (C=O) groups is 2. The van der Waals surface area contributed by atoms with E-state index in [0.29, 0.717) is 5.01 Å². The number of carboxylic acids is 1. The maximum Gasteiger partial charge on any atom is 0.346 e. The van der Waals surface area contributed by atoms with E-state index in [1.54, 1.807) is 24.3 Å². The molecule has 18 heavy (non-hydrogen) atoms. The highest BCUT2D eigenvalue weighted by atomic mass is 16.4. The van der Waals surface area contributed by atoms with Crippen molar-refractivity contribution in [1.29, 1.82) is 0 Å². The average molecular weight is 246 g/mol. The first-order valence-corrected chi connectivity index (χ1v) is 4.95. The predicted molar refractivity (Wildman–Crippen MR) is 64.0 cm³/mol. The number of amides is 1. The van der Waals surface area contributed by atoms with Gasteiger partial charge in [-0.1, -0.05) is 30.3 Å². The number of rotatable bonds is 5. The molecule has 0 aromatic heterocycles. The van der Waals surface area contributed by atoms with Crippen molar-refractivity contribution in [3.8, 4) is 0 Å². The number of nitrogens with zero attached hydrogens (tertiary/aromatic N) is 4. The van der Waals surface area contributed by atoms with Gasteiger partial charge in [-0.2, -0.15) is 9.92 Å². The van der Waals surface area contributed by atoms with E-state index in [2.05, 4.69) is 10.1 Å². The smallest absolute Gasteiger partial charge is 0.346 e. The number of carboxylic acid groups (broad SMARTS) is 1. The van der Waals surface area contributed by atoms with Gasteiger partial charge in [0.05, 0.1) is 0 Å². The fraction of sp³-hybridized carbons (Fsp3) is 0.0909. The van der Waals surface area contributed by atoms with Gasteiger partial charge in [-0.05, 0) is 16.9 Å². The summed E-state index contributed by atoms with van der Waals surface area (Å²) in [4.78, 5) is 24.4. The molecule has 1 aromatic carbocycles. The SMILES string of the molecule is [N-]=[N+]=NN(CC(=O)O)C(=O)C=Cc1ccccc1. The molecule has 1 rings (SSSR count). The molecule has 92 valence electrons. The molecule has 0 fully saturated rings. The van der Waals surface area contributed by atoms with Crippen molar-refractivity contribution < 1.29 is 14.7 Å². The van der Waals surface area contributed by atoms with E-state index in [1.165, 1.54) is 6.08 Å². The summed E-state index contributed by atoms with van der Waals surface area (Å²) in [5.74, 6) is -1.96. The van der Waals surface area contributed by atoms with Gasteiger partial charge in [-0.15, -0.1) is 5.53 Å². The van der Waals surface area contributed by atoms with Crippen molar-refractivity contribution in [2.75, 3.05) is 6.54 Å². The number of benzene rings is 1. The molecule has 0 saturated heterocycles. The summed E-state index contributed by atoms with van der Waals surface area (Å²) < 4.78 is 0. The Balaban J connectivity index is 2.75. The van der Waals surface area contributed by atoms with Crippen LogP contribution in [0.2, 0.25) is 0 Å². The van der Waals surface area contributed by atoms with Crippen molar-refractivity contribution >= 4 is 18.0 Å². The zero-order valence-electron chi connectivity index (χ0n) is 9.30. The lowest BCUT2D eigenvalue weighted by molar-refractivity contribution is -0.142. The van der Waals surface area contributed by atoms with Crippen LogP contribution >= 0.6 is 0 Å². The van der Waals surface area contributed by atoms with E-state index in [4.69, 9.17) is 10.6 Å². The Bertz CT molecular complexity index is 506. The Labute approximate surface area is 103 Å². The van der Waals surface area contributed by atoms with E-state index in [1.807, 2.05) is 6.07 Å². The summed E-state index contributed by atoms with van der Waals surface area (Å²) in [5.41, 5.74) is 9.01. The highest BCUT2D eigenvalue weighted by Gasteiger charge is 2.17. The molecule has 0 atom stereocenters. The van der Waals surface area contributed by atoms with Gasteiger partial charge in [0.2, 0.25) is 0 Å². The van der Waals surface area contributed by atoms with Crippen LogP contribution in [0.15, 0.2) is 41.6 Å². The second kappa shape index (κ2) is 6.72. The monoisotopic (exact) mass is 246 g/mol. The van der Waals surface area contributed by atoms with Gasteiger partial charge in [0.15, 0.2) is 6.54 Å². The van der Waals surface area contributed by atoms with Gasteiger partial charge in [0.25, 0.3) is 0 Å². The minimum atomic E-state index is -1.26. The molecule has 0 radical (unpaired) electrons. The molecule has 0 unspecified atom stereocenters. The molecule has 0 heterocycles. The molecule has 1 N–H and O–H groups in total. The van der Waals surface area contributed by atoms with Crippen LogP contribution in [0, 0.1) is 0 Å². The fourth-order valence-corrected chi connectivity index (χ4v) is 1.15. The lowest BCUT2D eigenvalue weighted by Crippen LogP contribution is -2.29. The third-order valence-corrected chi connectivity index (χ3v) is 1.91.